The molecule has 1 heterocycles. The summed E-state index contributed by atoms with van der Waals surface area (Å²) >= 11 is 0. The van der Waals surface area contributed by atoms with Gasteiger partial charge in [-0.15, -0.1) is 0 Å². The van der Waals surface area contributed by atoms with E-state index >= 15 is 0 Å². The van der Waals surface area contributed by atoms with Crippen LogP contribution in [-0.4, -0.2) is 37.3 Å². The molecule has 0 spiro atoms. The molecule has 0 aromatic rings. The van der Waals surface area contributed by atoms with Crippen LogP contribution in [0.2, 0.25) is 0 Å². The minimum atomic E-state index is 0.171. The van der Waals surface area contributed by atoms with Gasteiger partial charge in [0.2, 0.25) is 5.91 Å². The van der Waals surface area contributed by atoms with Crippen molar-refractivity contribution in [1.82, 2.24) is 10.6 Å². The molecule has 1 fully saturated rings. The van der Waals surface area contributed by atoms with E-state index in [2.05, 4.69) is 17.6 Å². The molecule has 2 unspecified atom stereocenters. The van der Waals surface area contributed by atoms with Crippen LogP contribution in [0.4, 0.5) is 0 Å². The second kappa shape index (κ2) is 10.2. The van der Waals surface area contributed by atoms with E-state index in [4.69, 9.17) is 5.11 Å². The SMILES string of the molecule is CCCC(CCO)CNC(=O)CCC1CCCNC1. The van der Waals surface area contributed by atoms with Crippen LogP contribution in [0.1, 0.15) is 51.9 Å². The Bertz CT molecular complexity index is 234. The van der Waals surface area contributed by atoms with Crippen LogP contribution in [0.3, 0.4) is 0 Å². The number of nitrogens with one attached hydrogen (secondary N) is 2. The fourth-order valence-corrected chi connectivity index (χ4v) is 2.79. The van der Waals surface area contributed by atoms with Gasteiger partial charge in [-0.2, -0.15) is 0 Å². The molecule has 3 N–H and O–H groups in total. The highest BCUT2D eigenvalue weighted by Crippen LogP contribution is 2.16. The number of amides is 1. The van der Waals surface area contributed by atoms with E-state index < -0.39 is 0 Å². The van der Waals surface area contributed by atoms with Gasteiger partial charge < -0.3 is 15.7 Å². The first-order valence-electron chi connectivity index (χ1n) is 7.84. The Morgan fingerprint density at radius 2 is 2.32 bits per heavy atom. The van der Waals surface area contributed by atoms with Crippen LogP contribution in [0.5, 0.6) is 0 Å². The van der Waals surface area contributed by atoms with Crippen molar-refractivity contribution in [2.45, 2.75) is 51.9 Å². The Kier molecular flexibility index (Phi) is 8.84. The van der Waals surface area contributed by atoms with Gasteiger partial charge in [0.1, 0.15) is 0 Å². The molecule has 1 saturated heterocycles. The number of hydrogen-bond acceptors (Lipinski definition) is 3. The predicted molar refractivity (Wildman–Crippen MR) is 77.9 cm³/mol. The standard InChI is InChI=1S/C15H30N2O2/c1-2-4-13(8-10-18)12-17-15(19)7-6-14-5-3-9-16-11-14/h13-14,16,18H,2-12H2,1H3,(H,17,19). The first-order valence-corrected chi connectivity index (χ1v) is 7.84. The molecule has 0 bridgehead atoms. The van der Waals surface area contributed by atoms with Crippen molar-refractivity contribution < 1.29 is 9.90 Å². The number of piperidine rings is 1. The van der Waals surface area contributed by atoms with Crippen LogP contribution in [0.15, 0.2) is 0 Å². The first-order chi connectivity index (χ1) is 9.26. The number of rotatable bonds is 9. The summed E-state index contributed by atoms with van der Waals surface area (Å²) in [6.45, 7) is 5.27. The molecule has 1 aliphatic rings. The van der Waals surface area contributed by atoms with Crippen molar-refractivity contribution in [3.63, 3.8) is 0 Å². The second-order valence-electron chi connectivity index (χ2n) is 5.72. The van der Waals surface area contributed by atoms with E-state index in [9.17, 15) is 4.79 Å². The summed E-state index contributed by atoms with van der Waals surface area (Å²) in [5.41, 5.74) is 0. The lowest BCUT2D eigenvalue weighted by Gasteiger charge is -2.22. The van der Waals surface area contributed by atoms with Crippen LogP contribution < -0.4 is 10.6 Å². The van der Waals surface area contributed by atoms with E-state index in [0.717, 1.165) is 45.3 Å². The number of carbonyl (C=O) groups is 1. The summed E-state index contributed by atoms with van der Waals surface area (Å²) in [5.74, 6) is 1.27. The molecule has 0 saturated carbocycles. The van der Waals surface area contributed by atoms with E-state index in [0.29, 0.717) is 18.3 Å². The molecule has 1 rings (SSSR count). The summed E-state index contributed by atoms with van der Waals surface area (Å²) in [5, 5.41) is 15.4. The van der Waals surface area contributed by atoms with Crippen molar-refractivity contribution in [2.75, 3.05) is 26.2 Å². The van der Waals surface area contributed by atoms with Gasteiger partial charge in [0.15, 0.2) is 0 Å². The van der Waals surface area contributed by atoms with Crippen molar-refractivity contribution in [1.29, 1.82) is 0 Å². The van der Waals surface area contributed by atoms with Crippen LogP contribution in [-0.2, 0) is 4.79 Å². The molecular formula is C15H30N2O2. The van der Waals surface area contributed by atoms with Gasteiger partial charge in [0, 0.05) is 19.6 Å². The van der Waals surface area contributed by atoms with Gasteiger partial charge in [-0.05, 0) is 57.0 Å². The molecule has 4 heteroatoms. The van der Waals surface area contributed by atoms with E-state index in [1.54, 1.807) is 0 Å². The van der Waals surface area contributed by atoms with Gasteiger partial charge in [-0.1, -0.05) is 13.3 Å². The Morgan fingerprint density at radius 1 is 1.47 bits per heavy atom. The molecule has 0 aliphatic carbocycles. The van der Waals surface area contributed by atoms with Gasteiger partial charge in [-0.3, -0.25) is 4.79 Å². The lowest BCUT2D eigenvalue weighted by atomic mass is 9.94. The van der Waals surface area contributed by atoms with Gasteiger partial charge in [0.25, 0.3) is 0 Å². The van der Waals surface area contributed by atoms with Crippen molar-refractivity contribution in [3.8, 4) is 0 Å². The third-order valence-electron chi connectivity index (χ3n) is 4.00. The fourth-order valence-electron chi connectivity index (χ4n) is 2.79. The smallest absolute Gasteiger partial charge is 0.220 e. The zero-order valence-corrected chi connectivity index (χ0v) is 12.3. The zero-order chi connectivity index (χ0) is 13.9. The van der Waals surface area contributed by atoms with Gasteiger partial charge in [0.05, 0.1) is 0 Å². The topological polar surface area (TPSA) is 61.4 Å². The second-order valence-corrected chi connectivity index (χ2v) is 5.72. The molecular weight excluding hydrogens is 240 g/mol. The summed E-state index contributed by atoms with van der Waals surface area (Å²) in [6, 6.07) is 0. The van der Waals surface area contributed by atoms with Gasteiger partial charge in [-0.25, -0.2) is 0 Å². The molecule has 0 aromatic heterocycles. The Balaban J connectivity index is 2.11. The molecule has 1 amide bonds. The Hall–Kier alpha value is -0.610. The molecule has 112 valence electrons. The summed E-state index contributed by atoms with van der Waals surface area (Å²) in [6.07, 6.45) is 7.11. The number of hydrogen-bond donors (Lipinski definition) is 3. The van der Waals surface area contributed by atoms with E-state index in [1.165, 1.54) is 12.8 Å². The predicted octanol–water partition coefficient (Wildman–Crippen LogP) is 1.68. The van der Waals surface area contributed by atoms with Crippen molar-refractivity contribution in [2.24, 2.45) is 11.8 Å². The molecule has 0 radical (unpaired) electrons. The lowest BCUT2D eigenvalue weighted by Crippen LogP contribution is -2.32. The minimum absolute atomic E-state index is 0.171. The zero-order valence-electron chi connectivity index (χ0n) is 12.3. The average molecular weight is 270 g/mol. The molecule has 0 aromatic carbocycles. The maximum absolute atomic E-state index is 11.8. The van der Waals surface area contributed by atoms with E-state index in [1.807, 2.05) is 0 Å². The monoisotopic (exact) mass is 270 g/mol. The lowest BCUT2D eigenvalue weighted by molar-refractivity contribution is -0.121. The number of aliphatic hydroxyl groups excluding tert-OH is 1. The largest absolute Gasteiger partial charge is 0.396 e. The highest BCUT2D eigenvalue weighted by Gasteiger charge is 2.15. The summed E-state index contributed by atoms with van der Waals surface area (Å²) in [7, 11) is 0. The highest BCUT2D eigenvalue weighted by molar-refractivity contribution is 5.75. The quantitative estimate of drug-likeness (QED) is 0.597. The fraction of sp³-hybridized carbons (Fsp3) is 0.933. The molecule has 19 heavy (non-hydrogen) atoms. The Morgan fingerprint density at radius 3 is 2.95 bits per heavy atom. The normalized spacial score (nSPS) is 21.1. The third-order valence-corrected chi connectivity index (χ3v) is 4.00. The van der Waals surface area contributed by atoms with E-state index in [-0.39, 0.29) is 12.5 Å². The molecule has 4 nitrogen and oxygen atoms in total. The number of carbonyl (C=O) groups excluding carboxylic acids is 1. The third kappa shape index (κ3) is 7.53. The maximum atomic E-state index is 11.8. The first kappa shape index (κ1) is 16.4. The highest BCUT2D eigenvalue weighted by atomic mass is 16.3. The van der Waals surface area contributed by atoms with Crippen molar-refractivity contribution in [3.05, 3.63) is 0 Å². The minimum Gasteiger partial charge on any atom is -0.396 e. The maximum Gasteiger partial charge on any atom is 0.220 e. The molecule has 1 aliphatic heterocycles. The summed E-state index contributed by atoms with van der Waals surface area (Å²) < 4.78 is 0. The summed E-state index contributed by atoms with van der Waals surface area (Å²) in [4.78, 5) is 11.8. The number of aliphatic hydroxyl groups is 1. The Labute approximate surface area is 117 Å². The molecule has 2 atom stereocenters. The van der Waals surface area contributed by atoms with Crippen LogP contribution >= 0.6 is 0 Å². The van der Waals surface area contributed by atoms with Crippen LogP contribution in [0, 0.1) is 11.8 Å². The van der Waals surface area contributed by atoms with Gasteiger partial charge >= 0.3 is 0 Å². The van der Waals surface area contributed by atoms with Crippen LogP contribution in [0.25, 0.3) is 0 Å². The van der Waals surface area contributed by atoms with Crippen molar-refractivity contribution >= 4 is 5.91 Å². The average Bonchev–Trinajstić information content (AvgIpc) is 2.44.